The van der Waals surface area contributed by atoms with Crippen molar-refractivity contribution in [2.45, 2.75) is 72.3 Å². The number of hydrogen-bond acceptors (Lipinski definition) is 2. The van der Waals surface area contributed by atoms with Gasteiger partial charge in [-0.3, -0.25) is 4.79 Å². The summed E-state index contributed by atoms with van der Waals surface area (Å²) in [5, 5.41) is 10.9. The zero-order chi connectivity index (χ0) is 15.2. The number of allylic oxidation sites excluding steroid dienone is 1. The third-order valence-electron chi connectivity index (χ3n) is 6.12. The maximum atomic E-state index is 11.3. The Hall–Kier alpha value is -0.630. The molecular formula is C18H30O2. The molecule has 2 saturated carbocycles. The van der Waals surface area contributed by atoms with Crippen molar-refractivity contribution < 1.29 is 9.90 Å². The van der Waals surface area contributed by atoms with Crippen LogP contribution in [-0.2, 0) is 4.79 Å². The number of carbonyl (C=O) groups excluding carboxylic acids is 1. The van der Waals surface area contributed by atoms with Crippen LogP contribution in [0.25, 0.3) is 0 Å². The standard InChI is InChI=1S/C18H30O2/c1-13(19)7-8-15-17(4)11-6-10-16(2,3)14(17)9-12-18(15,5)20/h7-8,14-15,20H,6,9-12H2,1-5H3/b8-7+/t14-,15+,17+,18+/m1/s1. The van der Waals surface area contributed by atoms with Gasteiger partial charge in [0, 0.05) is 5.92 Å². The SMILES string of the molecule is CC(=O)/C=C/[C@H]1[C@@]2(C)CCCC(C)(C)[C@H]2CC[C@]1(C)O. The van der Waals surface area contributed by atoms with Gasteiger partial charge in [0.1, 0.15) is 0 Å². The predicted molar refractivity (Wildman–Crippen MR) is 82.4 cm³/mol. The maximum Gasteiger partial charge on any atom is 0.152 e. The van der Waals surface area contributed by atoms with Crippen molar-refractivity contribution in [1.82, 2.24) is 0 Å². The van der Waals surface area contributed by atoms with E-state index in [4.69, 9.17) is 0 Å². The second kappa shape index (κ2) is 4.98. The topological polar surface area (TPSA) is 37.3 Å². The Balaban J connectivity index is 2.40. The first kappa shape index (κ1) is 15.8. The molecule has 0 radical (unpaired) electrons. The van der Waals surface area contributed by atoms with E-state index < -0.39 is 5.60 Å². The molecule has 2 nitrogen and oxygen atoms in total. The molecule has 1 N–H and O–H groups in total. The van der Waals surface area contributed by atoms with Gasteiger partial charge in [0.2, 0.25) is 0 Å². The predicted octanol–water partition coefficient (Wildman–Crippen LogP) is 4.13. The zero-order valence-electron chi connectivity index (χ0n) is 13.7. The summed E-state index contributed by atoms with van der Waals surface area (Å²) < 4.78 is 0. The molecule has 0 aromatic rings. The molecule has 0 saturated heterocycles. The summed E-state index contributed by atoms with van der Waals surface area (Å²) in [6.07, 6.45) is 9.25. The van der Waals surface area contributed by atoms with Gasteiger partial charge >= 0.3 is 0 Å². The minimum absolute atomic E-state index is 0.0709. The van der Waals surface area contributed by atoms with E-state index in [-0.39, 0.29) is 17.1 Å². The Labute approximate surface area is 123 Å². The molecule has 0 aliphatic heterocycles. The fraction of sp³-hybridized carbons (Fsp3) is 0.833. The molecule has 2 aliphatic rings. The Kier molecular flexibility index (Phi) is 3.92. The van der Waals surface area contributed by atoms with Gasteiger partial charge < -0.3 is 5.11 Å². The maximum absolute atomic E-state index is 11.3. The number of aliphatic hydroxyl groups is 1. The minimum Gasteiger partial charge on any atom is -0.390 e. The van der Waals surface area contributed by atoms with E-state index in [1.165, 1.54) is 12.8 Å². The van der Waals surface area contributed by atoms with Crippen LogP contribution in [0.3, 0.4) is 0 Å². The second-order valence-electron chi connectivity index (χ2n) is 8.24. The van der Waals surface area contributed by atoms with Crippen molar-refractivity contribution in [3.63, 3.8) is 0 Å². The molecule has 20 heavy (non-hydrogen) atoms. The summed E-state index contributed by atoms with van der Waals surface area (Å²) in [6.45, 7) is 10.6. The molecule has 2 fully saturated rings. The smallest absolute Gasteiger partial charge is 0.152 e. The molecule has 2 heteroatoms. The van der Waals surface area contributed by atoms with E-state index in [2.05, 4.69) is 20.8 Å². The lowest BCUT2D eigenvalue weighted by Gasteiger charge is -2.60. The Morgan fingerprint density at radius 3 is 2.40 bits per heavy atom. The molecule has 114 valence electrons. The molecule has 0 amide bonds. The van der Waals surface area contributed by atoms with Gasteiger partial charge in [0.05, 0.1) is 5.60 Å². The molecule has 0 spiro atoms. The Morgan fingerprint density at radius 2 is 1.80 bits per heavy atom. The highest BCUT2D eigenvalue weighted by Crippen LogP contribution is 2.62. The highest BCUT2D eigenvalue weighted by Gasteiger charge is 2.57. The lowest BCUT2D eigenvalue weighted by molar-refractivity contribution is -0.149. The van der Waals surface area contributed by atoms with Gasteiger partial charge in [-0.05, 0) is 62.4 Å². The zero-order valence-corrected chi connectivity index (χ0v) is 13.7. The van der Waals surface area contributed by atoms with E-state index >= 15 is 0 Å². The van der Waals surface area contributed by atoms with Crippen molar-refractivity contribution in [2.75, 3.05) is 0 Å². The third-order valence-corrected chi connectivity index (χ3v) is 6.12. The average Bonchev–Trinajstić information content (AvgIpc) is 2.25. The summed E-state index contributed by atoms with van der Waals surface area (Å²) in [7, 11) is 0. The largest absolute Gasteiger partial charge is 0.390 e. The summed E-state index contributed by atoms with van der Waals surface area (Å²) in [4.78, 5) is 11.3. The third kappa shape index (κ3) is 2.59. The van der Waals surface area contributed by atoms with E-state index in [1.807, 2.05) is 13.0 Å². The van der Waals surface area contributed by atoms with Crippen LogP contribution < -0.4 is 0 Å². The van der Waals surface area contributed by atoms with Crippen molar-refractivity contribution >= 4 is 5.78 Å². The van der Waals surface area contributed by atoms with Gasteiger partial charge in [0.15, 0.2) is 5.78 Å². The van der Waals surface area contributed by atoms with Crippen molar-refractivity contribution in [3.05, 3.63) is 12.2 Å². The lowest BCUT2D eigenvalue weighted by atomic mass is 9.45. The number of ketones is 1. The fourth-order valence-corrected chi connectivity index (χ4v) is 5.22. The van der Waals surface area contributed by atoms with Crippen LogP contribution >= 0.6 is 0 Å². The van der Waals surface area contributed by atoms with Gasteiger partial charge in [-0.1, -0.05) is 33.3 Å². The van der Waals surface area contributed by atoms with E-state index in [0.29, 0.717) is 11.3 Å². The van der Waals surface area contributed by atoms with Gasteiger partial charge in [-0.15, -0.1) is 0 Å². The normalized spacial score (nSPS) is 44.3. The molecule has 4 atom stereocenters. The molecule has 2 aliphatic carbocycles. The lowest BCUT2D eigenvalue weighted by Crippen LogP contribution is -2.56. The van der Waals surface area contributed by atoms with Gasteiger partial charge in [0.25, 0.3) is 0 Å². The summed E-state index contributed by atoms with van der Waals surface area (Å²) in [5.41, 5.74) is -0.244. The second-order valence-corrected chi connectivity index (χ2v) is 8.24. The monoisotopic (exact) mass is 278 g/mol. The fourth-order valence-electron chi connectivity index (χ4n) is 5.22. The molecule has 0 aromatic heterocycles. The molecular weight excluding hydrogens is 248 g/mol. The first-order valence-electron chi connectivity index (χ1n) is 8.01. The summed E-state index contributed by atoms with van der Waals surface area (Å²) >= 11 is 0. The first-order chi connectivity index (χ1) is 9.09. The van der Waals surface area contributed by atoms with Crippen LogP contribution in [0.5, 0.6) is 0 Å². The Morgan fingerprint density at radius 1 is 1.15 bits per heavy atom. The van der Waals surface area contributed by atoms with Crippen molar-refractivity contribution in [3.8, 4) is 0 Å². The van der Waals surface area contributed by atoms with Crippen LogP contribution in [0.15, 0.2) is 12.2 Å². The highest BCUT2D eigenvalue weighted by molar-refractivity contribution is 5.87. The van der Waals surface area contributed by atoms with Crippen LogP contribution in [0.2, 0.25) is 0 Å². The molecule has 0 heterocycles. The summed E-state index contributed by atoms with van der Waals surface area (Å²) in [5.74, 6) is 0.782. The van der Waals surface area contributed by atoms with Gasteiger partial charge in [-0.25, -0.2) is 0 Å². The van der Waals surface area contributed by atoms with Crippen LogP contribution in [-0.4, -0.2) is 16.5 Å². The van der Waals surface area contributed by atoms with Crippen LogP contribution in [0, 0.1) is 22.7 Å². The van der Waals surface area contributed by atoms with Crippen LogP contribution in [0.4, 0.5) is 0 Å². The van der Waals surface area contributed by atoms with E-state index in [1.54, 1.807) is 13.0 Å². The van der Waals surface area contributed by atoms with E-state index in [0.717, 1.165) is 19.3 Å². The minimum atomic E-state index is -0.690. The van der Waals surface area contributed by atoms with Crippen molar-refractivity contribution in [2.24, 2.45) is 22.7 Å². The average molecular weight is 278 g/mol. The first-order valence-corrected chi connectivity index (χ1v) is 8.01. The molecule has 2 rings (SSSR count). The molecule has 0 bridgehead atoms. The Bertz CT molecular complexity index is 419. The number of fused-ring (bicyclic) bond motifs is 1. The van der Waals surface area contributed by atoms with E-state index in [9.17, 15) is 9.90 Å². The number of hydrogen-bond donors (Lipinski definition) is 1. The molecule has 0 aromatic carbocycles. The van der Waals surface area contributed by atoms with Crippen LogP contribution in [0.1, 0.15) is 66.7 Å². The number of carbonyl (C=O) groups is 1. The molecule has 0 unspecified atom stereocenters. The van der Waals surface area contributed by atoms with Gasteiger partial charge in [-0.2, -0.15) is 0 Å². The number of rotatable bonds is 2. The summed E-state index contributed by atoms with van der Waals surface area (Å²) in [6, 6.07) is 0. The highest BCUT2D eigenvalue weighted by atomic mass is 16.3. The quantitative estimate of drug-likeness (QED) is 0.771. The van der Waals surface area contributed by atoms with Crippen molar-refractivity contribution in [1.29, 1.82) is 0 Å².